The maximum Gasteiger partial charge on any atom is 0.240 e. The molecule has 0 saturated heterocycles. The number of methoxy groups -OCH3 is 2. The number of carbonyl (C=O) groups excluding carboxylic acids is 1. The van der Waals surface area contributed by atoms with Gasteiger partial charge in [0.15, 0.2) is 10.6 Å². The van der Waals surface area contributed by atoms with Crippen molar-refractivity contribution in [2.75, 3.05) is 14.2 Å². The minimum atomic E-state index is -0.177. The van der Waals surface area contributed by atoms with Crippen LogP contribution in [0.15, 0.2) is 42.5 Å². The average Bonchev–Trinajstić information content (AvgIpc) is 3.07. The Morgan fingerprint density at radius 2 is 1.93 bits per heavy atom. The maximum absolute atomic E-state index is 12.5. The quantitative estimate of drug-likeness (QED) is 0.597. The van der Waals surface area contributed by atoms with Gasteiger partial charge in [0.25, 0.3) is 0 Å². The van der Waals surface area contributed by atoms with Crippen molar-refractivity contribution in [1.82, 2.24) is 20.1 Å². The standard InChI is InChI=1S/C20H22N4O3S/c1-13-4-6-14(7-5-13)19-22-23-20(28)24(19)12-18(25)21-11-15-8-9-16(26-2)10-17(15)27-3/h4-10H,11-12H2,1-3H3,(H,21,25)(H,23,28). The van der Waals surface area contributed by atoms with Gasteiger partial charge in [0.2, 0.25) is 5.91 Å². The fourth-order valence-electron chi connectivity index (χ4n) is 2.78. The number of aryl methyl sites for hydroxylation is 1. The molecule has 0 bridgehead atoms. The topological polar surface area (TPSA) is 81.2 Å². The molecule has 0 radical (unpaired) electrons. The molecule has 2 N–H and O–H groups in total. The molecule has 7 nitrogen and oxygen atoms in total. The van der Waals surface area contributed by atoms with Gasteiger partial charge in [-0.05, 0) is 31.3 Å². The maximum atomic E-state index is 12.5. The first-order chi connectivity index (χ1) is 13.5. The molecule has 0 aliphatic heterocycles. The first-order valence-electron chi connectivity index (χ1n) is 8.71. The molecule has 1 aromatic heterocycles. The van der Waals surface area contributed by atoms with Crippen molar-refractivity contribution >= 4 is 18.1 Å². The summed E-state index contributed by atoms with van der Waals surface area (Å²) < 4.78 is 12.6. The number of rotatable bonds is 7. The molecule has 0 unspecified atom stereocenters. The molecule has 1 amide bonds. The number of amides is 1. The van der Waals surface area contributed by atoms with Gasteiger partial charge in [0, 0.05) is 23.7 Å². The Balaban J connectivity index is 1.72. The molecule has 0 saturated carbocycles. The van der Waals surface area contributed by atoms with Crippen LogP contribution < -0.4 is 14.8 Å². The van der Waals surface area contributed by atoms with Crippen molar-refractivity contribution in [3.05, 3.63) is 58.4 Å². The molecule has 3 aromatic rings. The van der Waals surface area contributed by atoms with Crippen LogP contribution in [0.3, 0.4) is 0 Å². The van der Waals surface area contributed by atoms with E-state index in [0.29, 0.717) is 28.6 Å². The number of nitrogens with one attached hydrogen (secondary N) is 2. The molecular weight excluding hydrogens is 376 g/mol. The zero-order chi connectivity index (χ0) is 20.1. The molecule has 0 aliphatic carbocycles. The van der Waals surface area contributed by atoms with Crippen molar-refractivity contribution in [1.29, 1.82) is 0 Å². The highest BCUT2D eigenvalue weighted by Gasteiger charge is 2.13. The van der Waals surface area contributed by atoms with E-state index in [4.69, 9.17) is 21.7 Å². The van der Waals surface area contributed by atoms with Crippen LogP contribution in [-0.4, -0.2) is 34.9 Å². The predicted octanol–water partition coefficient (Wildman–Crippen LogP) is 3.25. The van der Waals surface area contributed by atoms with Gasteiger partial charge in [-0.25, -0.2) is 0 Å². The van der Waals surface area contributed by atoms with E-state index in [0.717, 1.165) is 16.7 Å². The van der Waals surface area contributed by atoms with E-state index < -0.39 is 0 Å². The third-order valence-electron chi connectivity index (χ3n) is 4.34. The number of ether oxygens (including phenoxy) is 2. The van der Waals surface area contributed by atoms with Crippen molar-refractivity contribution < 1.29 is 14.3 Å². The highest BCUT2D eigenvalue weighted by atomic mass is 32.1. The fraction of sp³-hybridized carbons (Fsp3) is 0.250. The predicted molar refractivity (Wildman–Crippen MR) is 109 cm³/mol. The van der Waals surface area contributed by atoms with E-state index in [1.807, 2.05) is 43.3 Å². The second-order valence-electron chi connectivity index (χ2n) is 6.26. The number of aromatic nitrogens is 3. The van der Waals surface area contributed by atoms with Gasteiger partial charge in [-0.3, -0.25) is 14.5 Å². The zero-order valence-corrected chi connectivity index (χ0v) is 16.8. The summed E-state index contributed by atoms with van der Waals surface area (Å²) in [6.07, 6.45) is 0. The van der Waals surface area contributed by atoms with Crippen LogP contribution in [0.1, 0.15) is 11.1 Å². The summed E-state index contributed by atoms with van der Waals surface area (Å²) in [6, 6.07) is 13.4. The van der Waals surface area contributed by atoms with Gasteiger partial charge >= 0.3 is 0 Å². The molecule has 0 atom stereocenters. The number of carbonyl (C=O) groups is 1. The Kier molecular flexibility index (Phi) is 6.10. The van der Waals surface area contributed by atoms with Crippen LogP contribution in [-0.2, 0) is 17.9 Å². The van der Waals surface area contributed by atoms with Gasteiger partial charge < -0.3 is 14.8 Å². The first-order valence-corrected chi connectivity index (χ1v) is 9.12. The van der Waals surface area contributed by atoms with Crippen molar-refractivity contribution in [2.24, 2.45) is 0 Å². The normalized spacial score (nSPS) is 10.5. The van der Waals surface area contributed by atoms with Crippen LogP contribution in [0.25, 0.3) is 11.4 Å². The van der Waals surface area contributed by atoms with Crippen LogP contribution in [0.5, 0.6) is 11.5 Å². The Hall–Kier alpha value is -3.13. The number of H-pyrrole nitrogens is 1. The average molecular weight is 398 g/mol. The summed E-state index contributed by atoms with van der Waals surface area (Å²) in [4.78, 5) is 12.5. The van der Waals surface area contributed by atoms with Crippen LogP contribution in [0.4, 0.5) is 0 Å². The lowest BCUT2D eigenvalue weighted by Gasteiger charge is -2.12. The van der Waals surface area contributed by atoms with Crippen LogP contribution in [0.2, 0.25) is 0 Å². The fourth-order valence-corrected chi connectivity index (χ4v) is 2.98. The van der Waals surface area contributed by atoms with Crippen LogP contribution in [0, 0.1) is 11.7 Å². The van der Waals surface area contributed by atoms with Gasteiger partial charge in [-0.15, -0.1) is 0 Å². The second kappa shape index (κ2) is 8.71. The van der Waals surface area contributed by atoms with Gasteiger partial charge in [0.1, 0.15) is 18.0 Å². The number of hydrogen-bond acceptors (Lipinski definition) is 5. The summed E-state index contributed by atoms with van der Waals surface area (Å²) in [7, 11) is 3.18. The van der Waals surface area contributed by atoms with Crippen molar-refractivity contribution in [3.8, 4) is 22.9 Å². The Labute approximate surface area is 168 Å². The zero-order valence-electron chi connectivity index (χ0n) is 16.0. The largest absolute Gasteiger partial charge is 0.497 e. The summed E-state index contributed by atoms with van der Waals surface area (Å²) in [5.74, 6) is 1.80. The summed E-state index contributed by atoms with van der Waals surface area (Å²) in [5, 5.41) is 9.92. The van der Waals surface area contributed by atoms with Gasteiger partial charge in [-0.2, -0.15) is 5.10 Å². The van der Waals surface area contributed by atoms with E-state index in [1.54, 1.807) is 24.9 Å². The lowest BCUT2D eigenvalue weighted by Crippen LogP contribution is -2.27. The smallest absolute Gasteiger partial charge is 0.240 e. The van der Waals surface area contributed by atoms with Crippen molar-refractivity contribution in [3.63, 3.8) is 0 Å². The van der Waals surface area contributed by atoms with Gasteiger partial charge in [0.05, 0.1) is 14.2 Å². The monoisotopic (exact) mass is 398 g/mol. The minimum absolute atomic E-state index is 0.0665. The number of benzene rings is 2. The Morgan fingerprint density at radius 1 is 1.18 bits per heavy atom. The highest BCUT2D eigenvalue weighted by molar-refractivity contribution is 7.71. The Bertz CT molecular complexity index is 1020. The minimum Gasteiger partial charge on any atom is -0.497 e. The van der Waals surface area contributed by atoms with E-state index in [2.05, 4.69) is 15.5 Å². The molecule has 8 heteroatoms. The molecule has 0 fully saturated rings. The SMILES string of the molecule is COc1ccc(CNC(=O)Cn2c(-c3ccc(C)cc3)n[nH]c2=S)c(OC)c1. The van der Waals surface area contributed by atoms with Crippen molar-refractivity contribution in [2.45, 2.75) is 20.0 Å². The summed E-state index contributed by atoms with van der Waals surface area (Å²) >= 11 is 5.29. The molecule has 2 aromatic carbocycles. The molecule has 28 heavy (non-hydrogen) atoms. The van der Waals surface area contributed by atoms with E-state index in [1.165, 1.54) is 0 Å². The summed E-state index contributed by atoms with van der Waals surface area (Å²) in [6.45, 7) is 2.41. The third kappa shape index (κ3) is 4.40. The Morgan fingerprint density at radius 3 is 2.61 bits per heavy atom. The van der Waals surface area contributed by atoms with E-state index in [-0.39, 0.29) is 12.5 Å². The molecule has 1 heterocycles. The molecule has 3 rings (SSSR count). The lowest BCUT2D eigenvalue weighted by atomic mass is 10.1. The van der Waals surface area contributed by atoms with Crippen LogP contribution >= 0.6 is 12.2 Å². The molecule has 0 spiro atoms. The number of hydrogen-bond donors (Lipinski definition) is 2. The number of nitrogens with zero attached hydrogens (tertiary/aromatic N) is 2. The second-order valence-corrected chi connectivity index (χ2v) is 6.65. The lowest BCUT2D eigenvalue weighted by molar-refractivity contribution is -0.121. The summed E-state index contributed by atoms with van der Waals surface area (Å²) in [5.41, 5.74) is 2.89. The number of aromatic amines is 1. The molecular formula is C20H22N4O3S. The van der Waals surface area contributed by atoms with Gasteiger partial charge in [-0.1, -0.05) is 29.8 Å². The van der Waals surface area contributed by atoms with E-state index >= 15 is 0 Å². The highest BCUT2D eigenvalue weighted by Crippen LogP contribution is 2.24. The van der Waals surface area contributed by atoms with E-state index in [9.17, 15) is 4.79 Å². The molecule has 146 valence electrons. The molecule has 0 aliphatic rings. The third-order valence-corrected chi connectivity index (χ3v) is 4.65. The first kappa shape index (κ1) is 19.6.